The molecule has 3 aliphatic heterocycles. The van der Waals surface area contributed by atoms with Gasteiger partial charge in [-0.25, -0.2) is 4.98 Å². The number of para-hydroxylation sites is 2. The van der Waals surface area contributed by atoms with Gasteiger partial charge in [0, 0.05) is 112 Å². The lowest BCUT2D eigenvalue weighted by Gasteiger charge is -2.36. The van der Waals surface area contributed by atoms with E-state index in [-0.39, 0.29) is 88.7 Å². The maximum absolute atomic E-state index is 15.6. The number of aromatic amines is 3. The summed E-state index contributed by atoms with van der Waals surface area (Å²) in [6.45, 7) is 3.92. The van der Waals surface area contributed by atoms with Crippen LogP contribution in [0.4, 0.5) is 0 Å². The molecule has 6 aromatic rings. The molecule has 0 saturated carbocycles. The summed E-state index contributed by atoms with van der Waals surface area (Å²) in [5, 5.41) is 70.4. The smallest absolute Gasteiger partial charge is 0.305 e. The standard InChI is InChI=1S/C88H121N21O21S/c1-8-10-24-68-81(123)96-48(3)75(117)104-67(77(119)94-42-72(90)113)45-131-46-73(114)97-63(33-50-27-29-54(111)30-28-50)84(126)105(5)49(4)76(118)101-65(38-74(115)116)87(129)108-32-18-26-69(108)82(124)100-62(36-53-41-91-47-95-53)79(121)98-60(23-16-17-31-89)86(128)109-43-55(112)37-71(109)83(125)99-61(34-51-39-92-58-21-14-12-19-56(51)58)78(120)103-66(44-110)80(122)102-64(35-52-40-93-59-22-15-13-20-57(52)59)85(127)107(7)70(25-11-9-2)88(130)106(68)6/h12-15,19-22,27-30,39-41,47-49,55,60-71,92-93,110-112H,8-11,16-18,23-26,31-38,42-46,89H2,1-7H3,(H2,90,113)(H,91,95)(H,94,119)(H,96,123)(H,97,114)(H,98,121)(H,99,125)(H,100,124)(H,101,118)(H,102,122)(H,103,120)(H,104,117)(H,115,116)/t48-,49-,55+,60-,61-,62-,63-,64-,65+,66-,67-,68-,69-,70-,71-/m0/s1. The molecule has 3 aliphatic rings. The third-order valence-corrected chi connectivity index (χ3v) is 24.7. The van der Waals surface area contributed by atoms with Crippen LogP contribution in [0.2, 0.25) is 0 Å². The Hall–Kier alpha value is -13.0. The van der Waals surface area contributed by atoms with Crippen LogP contribution >= 0.6 is 11.8 Å². The molecule has 42 nitrogen and oxygen atoms in total. The van der Waals surface area contributed by atoms with Crippen LogP contribution in [0.25, 0.3) is 21.8 Å². The number of aliphatic hydroxyl groups is 2. The van der Waals surface area contributed by atoms with Crippen LogP contribution in [0.5, 0.6) is 5.75 Å². The van der Waals surface area contributed by atoms with Crippen molar-refractivity contribution in [3.63, 3.8) is 0 Å². The molecular weight excluding hydrogens is 1720 g/mol. The van der Waals surface area contributed by atoms with Gasteiger partial charge in [0.15, 0.2) is 0 Å². The van der Waals surface area contributed by atoms with E-state index in [0.717, 1.165) is 36.3 Å². The molecule has 3 aromatic carbocycles. The number of carboxylic acids is 1. The molecule has 0 unspecified atom stereocenters. The largest absolute Gasteiger partial charge is 0.508 e. The summed E-state index contributed by atoms with van der Waals surface area (Å²) in [4.78, 5) is 266. The highest BCUT2D eigenvalue weighted by molar-refractivity contribution is 8.00. The Morgan fingerprint density at radius 1 is 0.550 bits per heavy atom. The van der Waals surface area contributed by atoms with Gasteiger partial charge in [0.25, 0.3) is 0 Å². The number of amides is 16. The Labute approximate surface area is 760 Å². The second kappa shape index (κ2) is 48.6. The minimum Gasteiger partial charge on any atom is -0.508 e. The minimum absolute atomic E-state index is 0.0131. The molecule has 9 rings (SSSR count). The maximum Gasteiger partial charge on any atom is 0.305 e. The fraction of sp³-hybridized carbons (Fsp3) is 0.523. The van der Waals surface area contributed by atoms with E-state index in [4.69, 9.17) is 11.5 Å². The highest BCUT2D eigenvalue weighted by Crippen LogP contribution is 2.28. The number of aromatic nitrogens is 4. The number of likely N-dealkylation sites (N-methyl/N-ethyl adjacent to an activating group) is 3. The van der Waals surface area contributed by atoms with Crippen LogP contribution in [-0.2, 0) is 107 Å². The summed E-state index contributed by atoms with van der Waals surface area (Å²) in [6.07, 6.45) is 4.19. The van der Waals surface area contributed by atoms with Crippen LogP contribution in [-0.4, -0.2) is 321 Å². The van der Waals surface area contributed by atoms with E-state index >= 15 is 33.6 Å². The number of thioether (sulfide) groups is 1. The predicted octanol–water partition coefficient (Wildman–Crippen LogP) is -2.49. The van der Waals surface area contributed by atoms with Crippen LogP contribution < -0.4 is 64.6 Å². The number of carbonyl (C=O) groups is 17. The summed E-state index contributed by atoms with van der Waals surface area (Å²) < 4.78 is 0. The van der Waals surface area contributed by atoms with Crippen molar-refractivity contribution in [3.05, 3.63) is 120 Å². The molecule has 3 fully saturated rings. The van der Waals surface area contributed by atoms with Crippen LogP contribution in [0.1, 0.15) is 134 Å². The molecule has 131 heavy (non-hydrogen) atoms. The average Bonchev–Trinajstić information content (AvgIpc) is 1.59. The summed E-state index contributed by atoms with van der Waals surface area (Å²) >= 11 is 0.771. The number of unbranched alkanes of at least 4 members (excludes halogenated alkanes) is 3. The van der Waals surface area contributed by atoms with E-state index in [0.29, 0.717) is 70.6 Å². The first-order chi connectivity index (χ1) is 62.5. The van der Waals surface area contributed by atoms with Crippen molar-refractivity contribution >= 4 is 134 Å². The Bertz CT molecular complexity index is 5050. The lowest BCUT2D eigenvalue weighted by Crippen LogP contribution is -2.61. The highest BCUT2D eigenvalue weighted by atomic mass is 32.2. The van der Waals surface area contributed by atoms with Gasteiger partial charge in [-0.15, -0.1) is 11.8 Å². The molecule has 3 aromatic heterocycles. The molecule has 15 atom stereocenters. The summed E-state index contributed by atoms with van der Waals surface area (Å²) in [5.41, 5.74) is 14.2. The van der Waals surface area contributed by atoms with Crippen LogP contribution in [0, 0.1) is 0 Å². The van der Waals surface area contributed by atoms with Crippen molar-refractivity contribution in [1.29, 1.82) is 0 Å². The molecule has 3 saturated heterocycles. The van der Waals surface area contributed by atoms with Gasteiger partial charge in [0.1, 0.15) is 90.3 Å². The summed E-state index contributed by atoms with van der Waals surface area (Å²) in [6, 6.07) is -2.29. The van der Waals surface area contributed by atoms with Gasteiger partial charge in [0.05, 0.1) is 43.5 Å². The fourth-order valence-corrected chi connectivity index (χ4v) is 17.0. The van der Waals surface area contributed by atoms with Crippen molar-refractivity contribution in [2.75, 3.05) is 65.4 Å². The number of phenolic OH excluding ortho intramolecular Hbond substituents is 1. The van der Waals surface area contributed by atoms with Gasteiger partial charge in [0.2, 0.25) is 94.5 Å². The van der Waals surface area contributed by atoms with Crippen molar-refractivity contribution < 1.29 is 102 Å². The van der Waals surface area contributed by atoms with Crippen molar-refractivity contribution in [3.8, 4) is 5.75 Å². The SMILES string of the molecule is CCCC[C@H]1C(=O)N(C)[C@@H](CCCC)C(=O)N[C@@H](C)C(=O)N[C@H](C(=O)NCC(N)=O)CSCC(=O)N[C@@H](Cc2ccc(O)cc2)C(=O)N(C)[C@@H](C)C(=O)N[C@H](CC(=O)O)C(=O)N2CCC[C@H]2C(=O)N[C@@H](Cc2c[nH]cn2)C(=O)N[C@@H](CCCCN)C(=O)N2C[C@H](O)C[C@H]2C(=O)N[C@@H](Cc2c[nH]c3ccccc23)C(=O)N[C@@H](CO)C(=O)N[C@@H](Cc2c[nH]c3ccccc23)C(=O)N1C. The van der Waals surface area contributed by atoms with E-state index in [1.165, 1.54) is 71.8 Å². The van der Waals surface area contributed by atoms with E-state index in [9.17, 15) is 68.4 Å². The number of primary amides is 1. The number of aromatic hydroxyl groups is 1. The molecule has 0 bridgehead atoms. The number of H-pyrrole nitrogens is 3. The number of aliphatic carboxylic acids is 1. The molecule has 710 valence electrons. The molecular formula is C88H121N21O21S. The number of aliphatic hydroxyl groups excluding tert-OH is 2. The van der Waals surface area contributed by atoms with E-state index in [1.54, 1.807) is 60.9 Å². The normalized spacial score (nSPS) is 25.2. The van der Waals surface area contributed by atoms with Crippen LogP contribution in [0.3, 0.4) is 0 Å². The maximum atomic E-state index is 15.6. The molecule has 16 amide bonds. The van der Waals surface area contributed by atoms with E-state index in [2.05, 4.69) is 73.1 Å². The van der Waals surface area contributed by atoms with Gasteiger partial charge in [-0.1, -0.05) is 88.1 Å². The number of carbonyl (C=O) groups excluding carboxylic acids is 16. The molecule has 0 radical (unpaired) electrons. The molecule has 43 heteroatoms. The monoisotopic (exact) mass is 1840 g/mol. The number of hydrogen-bond acceptors (Lipinski definition) is 23. The summed E-state index contributed by atoms with van der Waals surface area (Å²) in [5.74, 6) is -17.8. The Kier molecular flexibility index (Phi) is 37.7. The quantitative estimate of drug-likeness (QED) is 0.0279. The fourth-order valence-electron chi connectivity index (χ4n) is 16.1. The second-order valence-electron chi connectivity index (χ2n) is 33.2. The lowest BCUT2D eigenvalue weighted by atomic mass is 10.00. The number of imidazole rings is 1. The first-order valence-corrected chi connectivity index (χ1v) is 45.0. The second-order valence-corrected chi connectivity index (χ2v) is 34.3. The van der Waals surface area contributed by atoms with Gasteiger partial charge in [-0.2, -0.15) is 0 Å². The first-order valence-electron chi connectivity index (χ1n) is 43.9. The molecule has 6 heterocycles. The number of phenols is 1. The van der Waals surface area contributed by atoms with Crippen LogP contribution in [0.15, 0.2) is 97.7 Å². The minimum atomic E-state index is -1.90. The van der Waals surface area contributed by atoms with Gasteiger partial charge < -0.3 is 125 Å². The number of hydrogen-bond donors (Lipinski definition) is 19. The Balaban J connectivity index is 1.08. The first kappa shape index (κ1) is 102. The van der Waals surface area contributed by atoms with Crippen molar-refractivity contribution in [1.82, 2.24) is 97.6 Å². The van der Waals surface area contributed by atoms with Gasteiger partial charge in [-0.05, 0) is 106 Å². The zero-order valence-corrected chi connectivity index (χ0v) is 75.2. The number of rotatable bonds is 24. The molecule has 0 spiro atoms. The van der Waals surface area contributed by atoms with Crippen molar-refractivity contribution in [2.24, 2.45) is 11.5 Å². The zero-order valence-electron chi connectivity index (χ0n) is 74.3. The predicted molar refractivity (Wildman–Crippen MR) is 478 cm³/mol. The van der Waals surface area contributed by atoms with Gasteiger partial charge >= 0.3 is 5.97 Å². The third-order valence-electron chi connectivity index (χ3n) is 23.7. The van der Waals surface area contributed by atoms with Crippen molar-refractivity contribution in [2.45, 2.75) is 228 Å². The van der Waals surface area contributed by atoms with E-state index in [1.807, 2.05) is 13.8 Å². The third kappa shape index (κ3) is 27.8. The number of fused-ring (bicyclic) bond motifs is 4. The van der Waals surface area contributed by atoms with E-state index < -0.39 is 235 Å². The number of nitrogens with one attached hydrogen (secondary N) is 13. The lowest BCUT2D eigenvalue weighted by molar-refractivity contribution is -0.149. The molecule has 21 N–H and O–H groups in total. The Morgan fingerprint density at radius 3 is 1.70 bits per heavy atom. The number of nitrogens with zero attached hydrogens (tertiary/aromatic N) is 6. The number of carboxylic acid groups (broad SMARTS) is 1. The topological polar surface area (TPSA) is 620 Å². The highest BCUT2D eigenvalue weighted by Gasteiger charge is 2.47. The number of nitrogens with two attached hydrogens (primary N) is 2. The van der Waals surface area contributed by atoms with Gasteiger partial charge in [-0.3, -0.25) is 81.5 Å². The Morgan fingerprint density at radius 2 is 1.10 bits per heavy atom. The number of benzene rings is 3. The average molecular weight is 1840 g/mol. The molecule has 0 aliphatic carbocycles. The zero-order chi connectivity index (χ0) is 95.4. The summed E-state index contributed by atoms with van der Waals surface area (Å²) in [7, 11) is 3.89.